The van der Waals surface area contributed by atoms with Crippen molar-refractivity contribution in [3.63, 3.8) is 0 Å². The number of esters is 3. The van der Waals surface area contributed by atoms with Gasteiger partial charge < -0.3 is 24.4 Å². The van der Waals surface area contributed by atoms with Gasteiger partial charge in [-0.15, -0.1) is 0 Å². The second kappa shape index (κ2) is 7.15. The van der Waals surface area contributed by atoms with Crippen LogP contribution in [0.1, 0.15) is 54.4 Å². The molecule has 0 aromatic heterocycles. The van der Waals surface area contributed by atoms with Crippen LogP contribution in [0.2, 0.25) is 0 Å². The quantitative estimate of drug-likeness (QED) is 0.373. The van der Waals surface area contributed by atoms with Crippen molar-refractivity contribution >= 4 is 17.9 Å². The minimum atomic E-state index is -1.70. The first kappa shape index (κ1) is 23.0. The third-order valence-electron chi connectivity index (χ3n) is 8.20. The Hall–Kier alpha value is -2.19. The van der Waals surface area contributed by atoms with E-state index >= 15 is 0 Å². The maximum Gasteiger partial charge on any atom is 0.334 e. The summed E-state index contributed by atoms with van der Waals surface area (Å²) in [7, 11) is 0. The topological polar surface area (TPSA) is 119 Å². The van der Waals surface area contributed by atoms with Gasteiger partial charge in [0.2, 0.25) is 0 Å². The Bertz CT molecular complexity index is 932. The van der Waals surface area contributed by atoms with Crippen molar-refractivity contribution < 1.29 is 38.8 Å². The highest BCUT2D eigenvalue weighted by atomic mass is 16.6. The van der Waals surface area contributed by atoms with E-state index in [1.807, 2.05) is 32.9 Å². The van der Waals surface area contributed by atoms with E-state index in [9.17, 15) is 24.6 Å². The summed E-state index contributed by atoms with van der Waals surface area (Å²) in [5.74, 6) is -2.40. The van der Waals surface area contributed by atoms with Crippen LogP contribution in [-0.4, -0.2) is 58.1 Å². The van der Waals surface area contributed by atoms with E-state index in [1.165, 1.54) is 13.8 Å². The summed E-state index contributed by atoms with van der Waals surface area (Å²) >= 11 is 0. The number of hydrogen-bond acceptors (Lipinski definition) is 8. The number of allylic oxidation sites excluding steroid dienone is 1. The molecule has 176 valence electrons. The highest BCUT2D eigenvalue weighted by Crippen LogP contribution is 2.65. The standard InChI is InChI=1S/C24H32O8/c1-11-18-14(32-21(11)28)9-16-23(6)17(31-13(3)26)7-8-22(4,5)19(23)15(30-12(2)25)10-24(16,29)20(18)27/h7-8,14-17,19-20,27,29H,9-10H2,1-6H3/t14-,15-,16+,17-,19-,20+,23-,24+/m1/s1. The molecular formula is C24H32O8. The molecule has 4 aliphatic rings. The molecule has 8 atom stereocenters. The van der Waals surface area contributed by atoms with Gasteiger partial charge >= 0.3 is 17.9 Å². The second-order valence-corrected chi connectivity index (χ2v) is 10.6. The zero-order valence-corrected chi connectivity index (χ0v) is 19.4. The van der Waals surface area contributed by atoms with Crippen LogP contribution in [0.3, 0.4) is 0 Å². The SMILES string of the molecule is CC(=O)O[C@@H]1C[C@]2(O)[C@@H](C[C@H]3OC(=O)C(C)=C3[C@@H]2O)[C@@]2(C)[C@H]1C(C)(C)C=C[C@H]2OC(C)=O. The van der Waals surface area contributed by atoms with Gasteiger partial charge in [0, 0.05) is 48.7 Å². The molecule has 2 N–H and O–H groups in total. The minimum Gasteiger partial charge on any atom is -0.462 e. The lowest BCUT2D eigenvalue weighted by Gasteiger charge is -2.65. The second-order valence-electron chi connectivity index (χ2n) is 10.6. The molecule has 0 radical (unpaired) electrons. The molecule has 2 fully saturated rings. The van der Waals surface area contributed by atoms with Crippen molar-refractivity contribution in [2.24, 2.45) is 22.7 Å². The summed E-state index contributed by atoms with van der Waals surface area (Å²) in [5.41, 5.74) is -2.40. The third-order valence-corrected chi connectivity index (χ3v) is 8.20. The van der Waals surface area contributed by atoms with Crippen molar-refractivity contribution in [2.45, 2.75) is 84.4 Å². The Morgan fingerprint density at radius 3 is 2.38 bits per heavy atom. The number of hydrogen-bond donors (Lipinski definition) is 2. The molecular weight excluding hydrogens is 416 g/mol. The van der Waals surface area contributed by atoms with Crippen LogP contribution in [0, 0.1) is 22.7 Å². The van der Waals surface area contributed by atoms with Gasteiger partial charge in [0.15, 0.2) is 0 Å². The van der Waals surface area contributed by atoms with Crippen molar-refractivity contribution in [1.29, 1.82) is 0 Å². The molecule has 0 spiro atoms. The molecule has 32 heavy (non-hydrogen) atoms. The Kier molecular flexibility index (Phi) is 5.14. The smallest absolute Gasteiger partial charge is 0.334 e. The molecule has 0 aromatic carbocycles. The number of carbonyl (C=O) groups is 3. The van der Waals surface area contributed by atoms with Gasteiger partial charge in [0.1, 0.15) is 30.0 Å². The number of rotatable bonds is 2. The number of fused-ring (bicyclic) bond motifs is 4. The Morgan fingerprint density at radius 1 is 1.16 bits per heavy atom. The first-order chi connectivity index (χ1) is 14.7. The van der Waals surface area contributed by atoms with E-state index in [0.717, 1.165) is 0 Å². The van der Waals surface area contributed by atoms with Crippen LogP contribution in [0.15, 0.2) is 23.3 Å². The number of carbonyl (C=O) groups excluding carboxylic acids is 3. The van der Waals surface area contributed by atoms with Crippen molar-refractivity contribution in [3.8, 4) is 0 Å². The first-order valence-corrected chi connectivity index (χ1v) is 11.1. The number of aliphatic hydroxyl groups is 2. The predicted octanol–water partition coefficient (Wildman–Crippen LogP) is 1.83. The largest absolute Gasteiger partial charge is 0.462 e. The van der Waals surface area contributed by atoms with Gasteiger partial charge in [-0.3, -0.25) is 9.59 Å². The van der Waals surface area contributed by atoms with Crippen LogP contribution >= 0.6 is 0 Å². The van der Waals surface area contributed by atoms with E-state index in [1.54, 1.807) is 6.92 Å². The lowest BCUT2D eigenvalue weighted by Crippen LogP contribution is -2.72. The molecule has 0 bridgehead atoms. The van der Waals surface area contributed by atoms with Gasteiger partial charge in [-0.25, -0.2) is 4.79 Å². The summed E-state index contributed by atoms with van der Waals surface area (Å²) in [6.07, 6.45) is 0.563. The molecule has 0 saturated heterocycles. The van der Waals surface area contributed by atoms with Crippen molar-refractivity contribution in [2.75, 3.05) is 0 Å². The molecule has 2 saturated carbocycles. The molecule has 1 heterocycles. The summed E-state index contributed by atoms with van der Waals surface area (Å²) in [6, 6.07) is 0. The molecule has 8 nitrogen and oxygen atoms in total. The highest BCUT2D eigenvalue weighted by Gasteiger charge is 2.71. The van der Waals surface area contributed by atoms with Crippen LogP contribution < -0.4 is 0 Å². The van der Waals surface area contributed by atoms with Gasteiger partial charge in [0.25, 0.3) is 0 Å². The zero-order chi connectivity index (χ0) is 23.8. The number of aliphatic hydroxyl groups excluding tert-OH is 1. The Morgan fingerprint density at radius 2 is 1.78 bits per heavy atom. The Labute approximate surface area is 187 Å². The molecule has 0 unspecified atom stereocenters. The highest BCUT2D eigenvalue weighted by molar-refractivity contribution is 5.92. The van der Waals surface area contributed by atoms with Gasteiger partial charge in [-0.1, -0.05) is 26.8 Å². The maximum atomic E-state index is 12.3. The van der Waals surface area contributed by atoms with Crippen LogP contribution in [0.4, 0.5) is 0 Å². The lowest BCUT2D eigenvalue weighted by molar-refractivity contribution is -0.268. The Balaban J connectivity index is 1.91. The van der Waals surface area contributed by atoms with Gasteiger partial charge in [-0.05, 0) is 24.8 Å². The van der Waals surface area contributed by atoms with E-state index in [4.69, 9.17) is 14.2 Å². The average Bonchev–Trinajstić information content (AvgIpc) is 2.93. The summed E-state index contributed by atoms with van der Waals surface area (Å²) < 4.78 is 17.0. The number of ether oxygens (including phenoxy) is 3. The third kappa shape index (κ3) is 3.06. The van der Waals surface area contributed by atoms with E-state index in [0.29, 0.717) is 11.1 Å². The van der Waals surface area contributed by atoms with Crippen LogP contribution in [0.5, 0.6) is 0 Å². The van der Waals surface area contributed by atoms with Crippen molar-refractivity contribution in [1.82, 2.24) is 0 Å². The van der Waals surface area contributed by atoms with E-state index < -0.39 is 64.7 Å². The van der Waals surface area contributed by atoms with Gasteiger partial charge in [-0.2, -0.15) is 0 Å². The predicted molar refractivity (Wildman–Crippen MR) is 112 cm³/mol. The summed E-state index contributed by atoms with van der Waals surface area (Å²) in [5, 5.41) is 23.4. The fourth-order valence-corrected chi connectivity index (χ4v) is 7.15. The minimum absolute atomic E-state index is 0.000419. The fraction of sp³-hybridized carbons (Fsp3) is 0.708. The van der Waals surface area contributed by atoms with E-state index in [2.05, 4.69) is 0 Å². The first-order valence-electron chi connectivity index (χ1n) is 11.1. The summed E-state index contributed by atoms with van der Waals surface area (Å²) in [4.78, 5) is 36.3. The maximum absolute atomic E-state index is 12.3. The lowest BCUT2D eigenvalue weighted by atomic mass is 9.42. The molecule has 0 aromatic rings. The van der Waals surface area contributed by atoms with Crippen LogP contribution in [0.25, 0.3) is 0 Å². The summed E-state index contributed by atoms with van der Waals surface area (Å²) in [6.45, 7) is 10.2. The molecule has 3 aliphatic carbocycles. The average molecular weight is 449 g/mol. The molecule has 0 amide bonds. The normalized spacial score (nSPS) is 44.2. The van der Waals surface area contributed by atoms with Crippen LogP contribution in [-0.2, 0) is 28.6 Å². The molecule has 8 heteroatoms. The zero-order valence-electron chi connectivity index (χ0n) is 19.4. The van der Waals surface area contributed by atoms with E-state index in [-0.39, 0.29) is 18.8 Å². The van der Waals surface area contributed by atoms with Gasteiger partial charge in [0.05, 0.1) is 0 Å². The molecule has 1 aliphatic heterocycles. The molecule has 4 rings (SSSR count). The fourth-order valence-electron chi connectivity index (χ4n) is 7.15. The van der Waals surface area contributed by atoms with Crippen molar-refractivity contribution in [3.05, 3.63) is 23.3 Å². The monoisotopic (exact) mass is 448 g/mol.